The second-order valence-corrected chi connectivity index (χ2v) is 7.22. The first-order chi connectivity index (χ1) is 14.0. The molecule has 3 heterocycles. The molecular formula is C21H24N4O4. The van der Waals surface area contributed by atoms with Gasteiger partial charge in [0, 0.05) is 50.4 Å². The summed E-state index contributed by atoms with van der Waals surface area (Å²) in [5, 5.41) is 5.92. The number of carbonyl (C=O) groups is 2. The summed E-state index contributed by atoms with van der Waals surface area (Å²) in [5.41, 5.74) is 2.04. The number of nitrogens with zero attached hydrogens (tertiary/aromatic N) is 2. The summed E-state index contributed by atoms with van der Waals surface area (Å²) in [6, 6.07) is 10.9. The Bertz CT molecular complexity index is 884. The predicted octanol–water partition coefficient (Wildman–Crippen LogP) is 2.76. The highest BCUT2D eigenvalue weighted by atomic mass is 16.7. The molecule has 1 aromatic carbocycles. The molecule has 2 saturated heterocycles. The topological polar surface area (TPSA) is 92.8 Å². The van der Waals surface area contributed by atoms with Gasteiger partial charge in [-0.3, -0.25) is 9.59 Å². The van der Waals surface area contributed by atoms with E-state index < -0.39 is 5.79 Å². The highest BCUT2D eigenvalue weighted by Gasteiger charge is 2.40. The Hall–Kier alpha value is -2.97. The van der Waals surface area contributed by atoms with Gasteiger partial charge in [-0.05, 0) is 30.3 Å². The van der Waals surface area contributed by atoms with Crippen LogP contribution < -0.4 is 10.6 Å². The van der Waals surface area contributed by atoms with Crippen LogP contribution in [0.2, 0.25) is 0 Å². The molecule has 152 valence electrons. The van der Waals surface area contributed by atoms with Crippen LogP contribution in [0.3, 0.4) is 0 Å². The quantitative estimate of drug-likeness (QED) is 0.826. The van der Waals surface area contributed by atoms with Crippen LogP contribution in [0.1, 0.15) is 30.1 Å². The Kier molecular flexibility index (Phi) is 5.46. The molecule has 1 aromatic heterocycles. The molecule has 0 saturated carbocycles. The van der Waals surface area contributed by atoms with Crippen molar-refractivity contribution in [3.63, 3.8) is 0 Å². The molecule has 29 heavy (non-hydrogen) atoms. The summed E-state index contributed by atoms with van der Waals surface area (Å²) in [7, 11) is 0. The van der Waals surface area contributed by atoms with Crippen LogP contribution in [-0.4, -0.2) is 53.8 Å². The standard InChI is InChI=1S/C21H24N4O4/c1-15(26)23-17-3-2-4-18(13-17)24-19-6-5-16(14-22-19)20(27)25-9-7-21(8-10-25)28-11-12-29-21/h2-6,13-14H,7-12H2,1H3,(H,22,24)(H,23,26). The molecule has 2 aliphatic rings. The lowest BCUT2D eigenvalue weighted by atomic mass is 10.0. The number of benzene rings is 1. The van der Waals surface area contributed by atoms with Gasteiger partial charge in [-0.25, -0.2) is 4.98 Å². The third kappa shape index (κ3) is 4.55. The van der Waals surface area contributed by atoms with Crippen molar-refractivity contribution < 1.29 is 19.1 Å². The lowest BCUT2D eigenvalue weighted by molar-refractivity contribution is -0.181. The van der Waals surface area contributed by atoms with Crippen molar-refractivity contribution in [2.24, 2.45) is 0 Å². The van der Waals surface area contributed by atoms with Crippen molar-refractivity contribution in [2.45, 2.75) is 25.6 Å². The summed E-state index contributed by atoms with van der Waals surface area (Å²) in [5.74, 6) is -0.0385. The maximum atomic E-state index is 12.8. The molecule has 0 bridgehead atoms. The van der Waals surface area contributed by atoms with E-state index in [2.05, 4.69) is 15.6 Å². The fourth-order valence-corrected chi connectivity index (χ4v) is 3.64. The summed E-state index contributed by atoms with van der Waals surface area (Å²) in [6.07, 6.45) is 2.96. The maximum absolute atomic E-state index is 12.8. The number of amides is 2. The Morgan fingerprint density at radius 2 is 1.79 bits per heavy atom. The van der Waals surface area contributed by atoms with Crippen LogP contribution in [0.25, 0.3) is 0 Å². The molecule has 1 spiro atoms. The van der Waals surface area contributed by atoms with Crippen LogP contribution >= 0.6 is 0 Å². The highest BCUT2D eigenvalue weighted by molar-refractivity contribution is 5.94. The largest absolute Gasteiger partial charge is 0.347 e. The molecule has 2 aliphatic heterocycles. The second-order valence-electron chi connectivity index (χ2n) is 7.22. The van der Waals surface area contributed by atoms with Gasteiger partial charge in [0.05, 0.1) is 18.8 Å². The molecule has 2 amide bonds. The zero-order chi connectivity index (χ0) is 20.3. The van der Waals surface area contributed by atoms with Crippen molar-refractivity contribution in [2.75, 3.05) is 36.9 Å². The Morgan fingerprint density at radius 1 is 1.07 bits per heavy atom. The first-order valence-corrected chi connectivity index (χ1v) is 9.71. The number of aromatic nitrogens is 1. The van der Waals surface area contributed by atoms with E-state index in [9.17, 15) is 9.59 Å². The van der Waals surface area contributed by atoms with E-state index in [4.69, 9.17) is 9.47 Å². The number of likely N-dealkylation sites (tertiary alicyclic amines) is 1. The third-order valence-corrected chi connectivity index (χ3v) is 5.09. The lowest BCUT2D eigenvalue weighted by Crippen LogP contribution is -2.47. The number of piperidine rings is 1. The van der Waals surface area contributed by atoms with Gasteiger partial charge in [0.2, 0.25) is 5.91 Å². The van der Waals surface area contributed by atoms with Gasteiger partial charge >= 0.3 is 0 Å². The van der Waals surface area contributed by atoms with Gasteiger partial charge in [-0.1, -0.05) is 6.07 Å². The molecule has 8 heteroatoms. The molecule has 2 fully saturated rings. The van der Waals surface area contributed by atoms with Gasteiger partial charge in [0.15, 0.2) is 5.79 Å². The molecule has 2 aromatic rings. The average Bonchev–Trinajstić information content (AvgIpc) is 3.16. The zero-order valence-corrected chi connectivity index (χ0v) is 16.3. The summed E-state index contributed by atoms with van der Waals surface area (Å²) >= 11 is 0. The third-order valence-electron chi connectivity index (χ3n) is 5.09. The minimum Gasteiger partial charge on any atom is -0.347 e. The van der Waals surface area contributed by atoms with Crippen LogP contribution in [0.5, 0.6) is 0 Å². The average molecular weight is 396 g/mol. The Labute approximate surface area is 169 Å². The first kappa shape index (κ1) is 19.4. The monoisotopic (exact) mass is 396 g/mol. The van der Waals surface area contributed by atoms with Crippen molar-refractivity contribution >= 4 is 29.0 Å². The maximum Gasteiger partial charge on any atom is 0.255 e. The molecule has 8 nitrogen and oxygen atoms in total. The number of pyridine rings is 1. The minimum absolute atomic E-state index is 0.0375. The number of hydrogen-bond donors (Lipinski definition) is 2. The van der Waals surface area contributed by atoms with Crippen molar-refractivity contribution in [3.05, 3.63) is 48.2 Å². The summed E-state index contributed by atoms with van der Waals surface area (Å²) < 4.78 is 11.4. The lowest BCUT2D eigenvalue weighted by Gasteiger charge is -2.37. The van der Waals surface area contributed by atoms with E-state index in [-0.39, 0.29) is 11.8 Å². The van der Waals surface area contributed by atoms with E-state index in [0.717, 1.165) is 5.69 Å². The van der Waals surface area contributed by atoms with Gasteiger partial charge in [0.1, 0.15) is 5.82 Å². The molecule has 2 N–H and O–H groups in total. The molecule has 0 radical (unpaired) electrons. The highest BCUT2D eigenvalue weighted by Crippen LogP contribution is 2.31. The zero-order valence-electron chi connectivity index (χ0n) is 16.3. The predicted molar refractivity (Wildman–Crippen MR) is 108 cm³/mol. The Balaban J connectivity index is 1.36. The number of ether oxygens (including phenoxy) is 2. The molecule has 0 unspecified atom stereocenters. The molecule has 0 aliphatic carbocycles. The fourth-order valence-electron chi connectivity index (χ4n) is 3.64. The normalized spacial score (nSPS) is 17.9. The van der Waals surface area contributed by atoms with Gasteiger partial charge in [-0.15, -0.1) is 0 Å². The van der Waals surface area contributed by atoms with Crippen LogP contribution in [0.4, 0.5) is 17.2 Å². The van der Waals surface area contributed by atoms with E-state index in [1.165, 1.54) is 6.92 Å². The smallest absolute Gasteiger partial charge is 0.255 e. The summed E-state index contributed by atoms with van der Waals surface area (Å²) in [6.45, 7) is 3.93. The van der Waals surface area contributed by atoms with Crippen molar-refractivity contribution in [3.8, 4) is 0 Å². The van der Waals surface area contributed by atoms with Gasteiger partial charge < -0.3 is 25.0 Å². The van der Waals surface area contributed by atoms with E-state index in [1.807, 2.05) is 29.2 Å². The second kappa shape index (κ2) is 8.18. The fraction of sp³-hybridized carbons (Fsp3) is 0.381. The minimum atomic E-state index is -0.491. The number of rotatable bonds is 4. The molecule has 4 rings (SSSR count). The van der Waals surface area contributed by atoms with Gasteiger partial charge in [-0.2, -0.15) is 0 Å². The van der Waals surface area contributed by atoms with E-state index >= 15 is 0 Å². The number of hydrogen-bond acceptors (Lipinski definition) is 6. The SMILES string of the molecule is CC(=O)Nc1cccc(Nc2ccc(C(=O)N3CCC4(CC3)OCCO4)cn2)c1. The van der Waals surface area contributed by atoms with Crippen LogP contribution in [0.15, 0.2) is 42.6 Å². The number of carbonyl (C=O) groups excluding carboxylic acids is 2. The summed E-state index contributed by atoms with van der Waals surface area (Å²) in [4.78, 5) is 30.1. The Morgan fingerprint density at radius 3 is 2.45 bits per heavy atom. The van der Waals surface area contributed by atoms with E-state index in [1.54, 1.807) is 18.3 Å². The number of nitrogens with one attached hydrogen (secondary N) is 2. The van der Waals surface area contributed by atoms with Crippen LogP contribution in [0, 0.1) is 0 Å². The van der Waals surface area contributed by atoms with Crippen molar-refractivity contribution in [1.82, 2.24) is 9.88 Å². The van der Waals surface area contributed by atoms with Crippen molar-refractivity contribution in [1.29, 1.82) is 0 Å². The molecule has 0 atom stereocenters. The number of anilines is 3. The first-order valence-electron chi connectivity index (χ1n) is 9.71. The van der Waals surface area contributed by atoms with E-state index in [0.29, 0.717) is 56.2 Å². The van der Waals surface area contributed by atoms with Crippen LogP contribution in [-0.2, 0) is 14.3 Å². The molecular weight excluding hydrogens is 372 g/mol. The van der Waals surface area contributed by atoms with Gasteiger partial charge in [0.25, 0.3) is 5.91 Å².